The Kier molecular flexibility index (Phi) is 5.12. The Morgan fingerprint density at radius 3 is 2.74 bits per heavy atom. The first-order valence-corrected chi connectivity index (χ1v) is 6.75. The van der Waals surface area contributed by atoms with E-state index in [1.165, 1.54) is 11.3 Å². The van der Waals surface area contributed by atoms with E-state index >= 15 is 0 Å². The zero-order chi connectivity index (χ0) is 13.5. The second kappa shape index (κ2) is 7.07. The van der Waals surface area contributed by atoms with Crippen molar-refractivity contribution in [2.24, 2.45) is 0 Å². The van der Waals surface area contributed by atoms with Gasteiger partial charge in [-0.15, -0.1) is 0 Å². The molecular formula is C15H21N3O. The summed E-state index contributed by atoms with van der Waals surface area (Å²) in [6.45, 7) is 3.89. The normalized spacial score (nSPS) is 12.5. The molecule has 0 spiro atoms. The van der Waals surface area contributed by atoms with Crippen molar-refractivity contribution in [2.75, 3.05) is 6.61 Å². The molecule has 102 valence electrons. The molecular weight excluding hydrogens is 238 g/mol. The molecule has 1 aromatic carbocycles. The number of aryl methyl sites for hydroxylation is 1. The zero-order valence-corrected chi connectivity index (χ0v) is 11.3. The number of benzene rings is 1. The highest BCUT2D eigenvalue weighted by atomic mass is 16.3. The van der Waals surface area contributed by atoms with Crippen molar-refractivity contribution in [2.45, 2.75) is 32.5 Å². The number of hydrogen-bond acceptors (Lipinski definition) is 3. The van der Waals surface area contributed by atoms with Crippen molar-refractivity contribution in [3.63, 3.8) is 0 Å². The van der Waals surface area contributed by atoms with E-state index in [0.29, 0.717) is 6.42 Å². The van der Waals surface area contributed by atoms with E-state index < -0.39 is 0 Å². The lowest BCUT2D eigenvalue weighted by atomic mass is 10.0. The van der Waals surface area contributed by atoms with Crippen LogP contribution in [0.25, 0.3) is 0 Å². The van der Waals surface area contributed by atoms with Crippen LogP contribution >= 0.6 is 0 Å². The van der Waals surface area contributed by atoms with Crippen LogP contribution in [0, 0.1) is 0 Å². The molecule has 0 aliphatic heterocycles. The van der Waals surface area contributed by atoms with Crippen LogP contribution in [0.15, 0.2) is 42.6 Å². The second-order valence-corrected chi connectivity index (χ2v) is 4.49. The Balaban J connectivity index is 2.02. The molecule has 1 aromatic heterocycles. The predicted molar refractivity (Wildman–Crippen MR) is 75.6 cm³/mol. The lowest BCUT2D eigenvalue weighted by Gasteiger charge is -2.18. The molecule has 1 atom stereocenters. The van der Waals surface area contributed by atoms with Crippen LogP contribution in [-0.4, -0.2) is 21.5 Å². The van der Waals surface area contributed by atoms with Gasteiger partial charge in [0.25, 0.3) is 0 Å². The standard InChI is InChI=1S/C15H21N3O/c1-2-18-14(8-10-17-18)12-16-15(9-11-19)13-6-4-3-5-7-13/h3-8,10,15-16,19H,2,9,11-12H2,1H3/t15-/m1/s1. The van der Waals surface area contributed by atoms with Gasteiger partial charge in [0.2, 0.25) is 0 Å². The van der Waals surface area contributed by atoms with Crippen LogP contribution in [0.5, 0.6) is 0 Å². The highest BCUT2D eigenvalue weighted by Gasteiger charge is 2.11. The molecule has 0 aliphatic rings. The maximum atomic E-state index is 9.20. The van der Waals surface area contributed by atoms with Crippen molar-refractivity contribution in [3.8, 4) is 0 Å². The van der Waals surface area contributed by atoms with Gasteiger partial charge >= 0.3 is 0 Å². The molecule has 1 heterocycles. The molecule has 2 N–H and O–H groups in total. The quantitative estimate of drug-likeness (QED) is 0.800. The van der Waals surface area contributed by atoms with E-state index in [9.17, 15) is 5.11 Å². The molecule has 0 amide bonds. The SMILES string of the molecule is CCn1nccc1CN[C@H](CCO)c1ccccc1. The Morgan fingerprint density at radius 1 is 1.26 bits per heavy atom. The lowest BCUT2D eigenvalue weighted by molar-refractivity contribution is 0.264. The molecule has 0 saturated carbocycles. The van der Waals surface area contributed by atoms with Gasteiger partial charge < -0.3 is 10.4 Å². The molecule has 4 heteroatoms. The smallest absolute Gasteiger partial charge is 0.0522 e. The zero-order valence-electron chi connectivity index (χ0n) is 11.3. The summed E-state index contributed by atoms with van der Waals surface area (Å²) < 4.78 is 1.98. The first-order chi connectivity index (χ1) is 9.35. The Hall–Kier alpha value is -1.65. The summed E-state index contributed by atoms with van der Waals surface area (Å²) in [6.07, 6.45) is 2.54. The van der Waals surface area contributed by atoms with E-state index in [1.54, 1.807) is 0 Å². The molecule has 0 saturated heterocycles. The van der Waals surface area contributed by atoms with Crippen molar-refractivity contribution in [1.29, 1.82) is 0 Å². The van der Waals surface area contributed by atoms with E-state index in [1.807, 2.05) is 35.1 Å². The van der Waals surface area contributed by atoms with Crippen molar-refractivity contribution in [3.05, 3.63) is 53.9 Å². The predicted octanol–water partition coefficient (Wildman–Crippen LogP) is 2.12. The average molecular weight is 259 g/mol. The van der Waals surface area contributed by atoms with Crippen LogP contribution in [0.2, 0.25) is 0 Å². The molecule has 0 bridgehead atoms. The van der Waals surface area contributed by atoms with Gasteiger partial charge in [0, 0.05) is 31.9 Å². The van der Waals surface area contributed by atoms with Crippen LogP contribution in [0.3, 0.4) is 0 Å². The number of hydrogen-bond donors (Lipinski definition) is 2. The van der Waals surface area contributed by atoms with E-state index in [0.717, 1.165) is 13.1 Å². The van der Waals surface area contributed by atoms with Gasteiger partial charge in [0.1, 0.15) is 0 Å². The molecule has 2 rings (SSSR count). The van der Waals surface area contributed by atoms with Crippen molar-refractivity contribution in [1.82, 2.24) is 15.1 Å². The molecule has 0 aliphatic carbocycles. The van der Waals surface area contributed by atoms with Gasteiger partial charge in [0.15, 0.2) is 0 Å². The average Bonchev–Trinajstić information content (AvgIpc) is 2.92. The van der Waals surface area contributed by atoms with Crippen molar-refractivity contribution < 1.29 is 5.11 Å². The first-order valence-electron chi connectivity index (χ1n) is 6.75. The fourth-order valence-corrected chi connectivity index (χ4v) is 2.22. The topological polar surface area (TPSA) is 50.1 Å². The minimum Gasteiger partial charge on any atom is -0.396 e. The molecule has 0 fully saturated rings. The summed E-state index contributed by atoms with van der Waals surface area (Å²) in [5.41, 5.74) is 2.38. The highest BCUT2D eigenvalue weighted by molar-refractivity contribution is 5.19. The molecule has 0 radical (unpaired) electrons. The van der Waals surface area contributed by atoms with Gasteiger partial charge in [-0.05, 0) is 25.0 Å². The Labute approximate surface area is 114 Å². The number of aromatic nitrogens is 2. The summed E-state index contributed by atoms with van der Waals surface area (Å²) in [7, 11) is 0. The maximum absolute atomic E-state index is 9.20. The monoisotopic (exact) mass is 259 g/mol. The molecule has 4 nitrogen and oxygen atoms in total. The maximum Gasteiger partial charge on any atom is 0.0522 e. The summed E-state index contributed by atoms with van der Waals surface area (Å²) in [4.78, 5) is 0. The van der Waals surface area contributed by atoms with Crippen molar-refractivity contribution >= 4 is 0 Å². The number of nitrogens with zero attached hydrogens (tertiary/aromatic N) is 2. The third-order valence-corrected chi connectivity index (χ3v) is 3.25. The number of rotatable bonds is 7. The fourth-order valence-electron chi connectivity index (χ4n) is 2.22. The number of aliphatic hydroxyl groups excluding tert-OH is 1. The Morgan fingerprint density at radius 2 is 2.05 bits per heavy atom. The minimum absolute atomic E-state index is 0.173. The van der Waals surface area contributed by atoms with Crippen LogP contribution in [0.4, 0.5) is 0 Å². The first kappa shape index (κ1) is 13.8. The third kappa shape index (κ3) is 3.66. The van der Waals surface area contributed by atoms with Gasteiger partial charge in [-0.25, -0.2) is 0 Å². The van der Waals surface area contributed by atoms with Gasteiger partial charge in [0.05, 0.1) is 5.69 Å². The van der Waals surface area contributed by atoms with Crippen LogP contribution in [0.1, 0.15) is 30.6 Å². The summed E-state index contributed by atoms with van der Waals surface area (Å²) >= 11 is 0. The minimum atomic E-state index is 0.173. The van der Waals surface area contributed by atoms with Crippen LogP contribution in [-0.2, 0) is 13.1 Å². The van der Waals surface area contributed by atoms with E-state index in [2.05, 4.69) is 29.5 Å². The van der Waals surface area contributed by atoms with Gasteiger partial charge in [-0.3, -0.25) is 4.68 Å². The summed E-state index contributed by atoms with van der Waals surface area (Å²) in [5.74, 6) is 0. The highest BCUT2D eigenvalue weighted by Crippen LogP contribution is 2.16. The Bertz CT molecular complexity index is 481. The van der Waals surface area contributed by atoms with Gasteiger partial charge in [-0.2, -0.15) is 5.10 Å². The molecule has 19 heavy (non-hydrogen) atoms. The number of nitrogens with one attached hydrogen (secondary N) is 1. The molecule has 0 unspecified atom stereocenters. The van der Waals surface area contributed by atoms with E-state index in [-0.39, 0.29) is 12.6 Å². The third-order valence-electron chi connectivity index (χ3n) is 3.25. The molecule has 2 aromatic rings. The largest absolute Gasteiger partial charge is 0.396 e. The number of aliphatic hydroxyl groups is 1. The van der Waals surface area contributed by atoms with Gasteiger partial charge in [-0.1, -0.05) is 30.3 Å². The summed E-state index contributed by atoms with van der Waals surface area (Å²) in [6, 6.07) is 12.4. The lowest BCUT2D eigenvalue weighted by Crippen LogP contribution is -2.23. The summed E-state index contributed by atoms with van der Waals surface area (Å²) in [5, 5.41) is 17.0. The second-order valence-electron chi connectivity index (χ2n) is 4.49. The van der Waals surface area contributed by atoms with E-state index in [4.69, 9.17) is 0 Å². The van der Waals surface area contributed by atoms with Crippen LogP contribution < -0.4 is 5.32 Å². The fraction of sp³-hybridized carbons (Fsp3) is 0.400.